The maximum absolute atomic E-state index is 13.1. The van der Waals surface area contributed by atoms with E-state index in [4.69, 9.17) is 5.73 Å². The van der Waals surface area contributed by atoms with Crippen molar-refractivity contribution < 1.29 is 4.39 Å². The number of hydrogen-bond donors (Lipinski definition) is 1. The largest absolute Gasteiger partial charge is 0.325 e. The fourth-order valence-corrected chi connectivity index (χ4v) is 2.27. The van der Waals surface area contributed by atoms with Crippen LogP contribution in [0, 0.1) is 0 Å². The Morgan fingerprint density at radius 2 is 2.07 bits per heavy atom. The average Bonchev–Trinajstić information content (AvgIpc) is 1.99. The van der Waals surface area contributed by atoms with E-state index >= 15 is 0 Å². The molecule has 15 heavy (non-hydrogen) atoms. The summed E-state index contributed by atoms with van der Waals surface area (Å²) in [5, 5.41) is 0. The standard InChI is InChI=1S/C12H17BrFN/c1-8(14)10-5-4-9(6-11(10)13)7-12(2,3)15/h4-6,8H,7,15H2,1-3H3. The molecule has 1 aromatic rings. The molecule has 84 valence electrons. The Labute approximate surface area is 99.0 Å². The lowest BCUT2D eigenvalue weighted by molar-refractivity contribution is 0.373. The second-order valence-electron chi connectivity index (χ2n) is 4.64. The molecular formula is C12H17BrFN. The molecular weight excluding hydrogens is 257 g/mol. The molecule has 3 heteroatoms. The highest BCUT2D eigenvalue weighted by atomic mass is 79.9. The molecule has 0 heterocycles. The first kappa shape index (κ1) is 12.7. The van der Waals surface area contributed by atoms with E-state index in [9.17, 15) is 4.39 Å². The van der Waals surface area contributed by atoms with Crippen molar-refractivity contribution in [2.45, 2.75) is 38.9 Å². The van der Waals surface area contributed by atoms with E-state index in [1.165, 1.54) is 6.92 Å². The van der Waals surface area contributed by atoms with Crippen molar-refractivity contribution in [2.24, 2.45) is 5.73 Å². The molecule has 0 bridgehead atoms. The van der Waals surface area contributed by atoms with Gasteiger partial charge in [-0.25, -0.2) is 4.39 Å². The lowest BCUT2D eigenvalue weighted by Gasteiger charge is -2.19. The molecule has 1 rings (SSSR count). The zero-order chi connectivity index (χ0) is 11.6. The van der Waals surface area contributed by atoms with Gasteiger partial charge < -0.3 is 5.73 Å². The van der Waals surface area contributed by atoms with Gasteiger partial charge >= 0.3 is 0 Å². The molecule has 0 spiro atoms. The predicted octanol–water partition coefficient (Wildman–Crippen LogP) is 3.76. The van der Waals surface area contributed by atoms with Gasteiger partial charge in [-0.1, -0.05) is 28.1 Å². The second-order valence-corrected chi connectivity index (χ2v) is 5.49. The Kier molecular flexibility index (Phi) is 3.90. The van der Waals surface area contributed by atoms with Gasteiger partial charge in [0.05, 0.1) is 0 Å². The molecule has 0 aromatic heterocycles. The van der Waals surface area contributed by atoms with Gasteiger partial charge in [0.15, 0.2) is 0 Å². The van der Waals surface area contributed by atoms with E-state index in [2.05, 4.69) is 15.9 Å². The quantitative estimate of drug-likeness (QED) is 0.892. The summed E-state index contributed by atoms with van der Waals surface area (Å²) in [6.45, 7) is 5.49. The van der Waals surface area contributed by atoms with Crippen LogP contribution in [0.1, 0.15) is 38.1 Å². The smallest absolute Gasteiger partial charge is 0.123 e. The zero-order valence-corrected chi connectivity index (χ0v) is 10.9. The van der Waals surface area contributed by atoms with Crippen LogP contribution in [0.3, 0.4) is 0 Å². The maximum atomic E-state index is 13.1. The van der Waals surface area contributed by atoms with Gasteiger partial charge in [-0.2, -0.15) is 0 Å². The highest BCUT2D eigenvalue weighted by Gasteiger charge is 2.14. The predicted molar refractivity (Wildman–Crippen MR) is 65.6 cm³/mol. The summed E-state index contributed by atoms with van der Waals surface area (Å²) < 4.78 is 13.9. The number of rotatable bonds is 3. The molecule has 0 fully saturated rings. The van der Waals surface area contributed by atoms with Crippen LogP contribution in [0.25, 0.3) is 0 Å². The van der Waals surface area contributed by atoms with Crippen molar-refractivity contribution in [3.63, 3.8) is 0 Å². The van der Waals surface area contributed by atoms with Crippen molar-refractivity contribution in [2.75, 3.05) is 0 Å². The fraction of sp³-hybridized carbons (Fsp3) is 0.500. The van der Waals surface area contributed by atoms with Crippen molar-refractivity contribution in [1.29, 1.82) is 0 Å². The lowest BCUT2D eigenvalue weighted by Crippen LogP contribution is -2.34. The molecule has 2 N–H and O–H groups in total. The molecule has 1 atom stereocenters. The van der Waals surface area contributed by atoms with E-state index in [-0.39, 0.29) is 5.54 Å². The number of nitrogens with two attached hydrogens (primary N) is 1. The molecule has 0 aliphatic carbocycles. The minimum Gasteiger partial charge on any atom is -0.325 e. The van der Waals surface area contributed by atoms with E-state index in [1.807, 2.05) is 32.0 Å². The van der Waals surface area contributed by atoms with Crippen molar-refractivity contribution in [1.82, 2.24) is 0 Å². The number of alkyl halides is 1. The van der Waals surface area contributed by atoms with Crippen LogP contribution in [0.4, 0.5) is 4.39 Å². The van der Waals surface area contributed by atoms with Crippen LogP contribution in [0.2, 0.25) is 0 Å². The van der Waals surface area contributed by atoms with Gasteiger partial charge in [-0.05, 0) is 44.4 Å². The van der Waals surface area contributed by atoms with E-state index < -0.39 is 6.17 Å². The summed E-state index contributed by atoms with van der Waals surface area (Å²) in [6.07, 6.45) is -0.161. The normalized spacial score (nSPS) is 14.0. The Morgan fingerprint density at radius 3 is 2.47 bits per heavy atom. The third-order valence-electron chi connectivity index (χ3n) is 2.15. The van der Waals surface area contributed by atoms with Gasteiger partial charge in [-0.3, -0.25) is 0 Å². The fourth-order valence-electron chi connectivity index (χ4n) is 1.53. The third kappa shape index (κ3) is 3.92. The summed E-state index contributed by atoms with van der Waals surface area (Å²) in [6, 6.07) is 5.70. The van der Waals surface area contributed by atoms with Crippen molar-refractivity contribution in [3.05, 3.63) is 33.8 Å². The van der Waals surface area contributed by atoms with Gasteiger partial charge in [-0.15, -0.1) is 0 Å². The minimum atomic E-state index is -0.945. The Bertz CT molecular complexity index is 342. The van der Waals surface area contributed by atoms with Gasteiger partial charge in [0.2, 0.25) is 0 Å². The number of benzene rings is 1. The highest BCUT2D eigenvalue weighted by Crippen LogP contribution is 2.27. The van der Waals surface area contributed by atoms with E-state index in [1.54, 1.807) is 0 Å². The minimum absolute atomic E-state index is 0.234. The topological polar surface area (TPSA) is 26.0 Å². The van der Waals surface area contributed by atoms with Crippen LogP contribution >= 0.6 is 15.9 Å². The Morgan fingerprint density at radius 1 is 1.47 bits per heavy atom. The summed E-state index contributed by atoms with van der Waals surface area (Å²) in [5.74, 6) is 0. The van der Waals surface area contributed by atoms with Gasteiger partial charge in [0.25, 0.3) is 0 Å². The monoisotopic (exact) mass is 273 g/mol. The summed E-state index contributed by atoms with van der Waals surface area (Å²) in [5.41, 5.74) is 7.50. The zero-order valence-electron chi connectivity index (χ0n) is 9.35. The second kappa shape index (κ2) is 4.62. The van der Waals surface area contributed by atoms with Crippen LogP contribution in [-0.2, 0) is 6.42 Å². The van der Waals surface area contributed by atoms with Crippen molar-refractivity contribution in [3.8, 4) is 0 Å². The molecule has 1 nitrogen and oxygen atoms in total. The molecule has 0 amide bonds. The van der Waals surface area contributed by atoms with E-state index in [0.717, 1.165) is 16.5 Å². The van der Waals surface area contributed by atoms with Gasteiger partial charge in [0, 0.05) is 10.0 Å². The molecule has 0 aliphatic rings. The highest BCUT2D eigenvalue weighted by molar-refractivity contribution is 9.10. The SMILES string of the molecule is CC(F)c1ccc(CC(C)(C)N)cc1Br. The van der Waals surface area contributed by atoms with Crippen LogP contribution in [0.15, 0.2) is 22.7 Å². The third-order valence-corrected chi connectivity index (χ3v) is 2.84. The summed E-state index contributed by atoms with van der Waals surface area (Å²) in [7, 11) is 0. The van der Waals surface area contributed by atoms with Crippen LogP contribution in [-0.4, -0.2) is 5.54 Å². The first-order valence-electron chi connectivity index (χ1n) is 5.01. The Balaban J connectivity index is 2.92. The van der Waals surface area contributed by atoms with E-state index in [0.29, 0.717) is 5.56 Å². The molecule has 1 aromatic carbocycles. The molecule has 0 aliphatic heterocycles. The molecule has 0 saturated carbocycles. The molecule has 1 unspecified atom stereocenters. The molecule has 0 saturated heterocycles. The number of halogens is 2. The average molecular weight is 274 g/mol. The van der Waals surface area contributed by atoms with Gasteiger partial charge in [0.1, 0.15) is 6.17 Å². The number of hydrogen-bond acceptors (Lipinski definition) is 1. The first-order valence-corrected chi connectivity index (χ1v) is 5.80. The lowest BCUT2D eigenvalue weighted by atomic mass is 9.95. The molecule has 0 radical (unpaired) electrons. The van der Waals surface area contributed by atoms with Crippen LogP contribution in [0.5, 0.6) is 0 Å². The summed E-state index contributed by atoms with van der Waals surface area (Å²) >= 11 is 3.37. The van der Waals surface area contributed by atoms with Crippen molar-refractivity contribution >= 4 is 15.9 Å². The first-order chi connectivity index (χ1) is 6.79. The maximum Gasteiger partial charge on any atom is 0.123 e. The Hall–Kier alpha value is -0.410. The van der Waals surface area contributed by atoms with Crippen LogP contribution < -0.4 is 5.73 Å². The summed E-state index contributed by atoms with van der Waals surface area (Å²) in [4.78, 5) is 0.